The van der Waals surface area contributed by atoms with E-state index < -0.39 is 0 Å². The molecule has 102 valence electrons. The van der Waals surface area contributed by atoms with E-state index in [2.05, 4.69) is 23.6 Å². The minimum absolute atomic E-state index is 0.231. The number of fused-ring (bicyclic) bond motifs is 1. The van der Waals surface area contributed by atoms with E-state index in [4.69, 9.17) is 10.2 Å². The number of rotatable bonds is 2. The van der Waals surface area contributed by atoms with Crippen molar-refractivity contribution in [1.82, 2.24) is 9.55 Å². The smallest absolute Gasteiger partial charge is 0.116 e. The van der Waals surface area contributed by atoms with Crippen LogP contribution in [-0.2, 0) is 5.41 Å². The first-order chi connectivity index (χ1) is 9.71. The number of nitrogens with zero attached hydrogens (tertiary/aromatic N) is 3. The van der Waals surface area contributed by atoms with Crippen molar-refractivity contribution in [2.75, 3.05) is 0 Å². The van der Waals surface area contributed by atoms with Gasteiger partial charge in [0.15, 0.2) is 0 Å². The molecule has 20 heavy (non-hydrogen) atoms. The molecule has 0 radical (unpaired) electrons. The molecule has 2 aromatic rings. The molecule has 2 aliphatic rings. The largest absolute Gasteiger partial charge is 0.324 e. The maximum absolute atomic E-state index is 9.07. The Labute approximate surface area is 119 Å². The topological polar surface area (TPSA) is 41.6 Å². The van der Waals surface area contributed by atoms with Crippen LogP contribution in [0.25, 0.3) is 11.0 Å². The number of imidazole rings is 1. The minimum Gasteiger partial charge on any atom is -0.324 e. The Morgan fingerprint density at radius 2 is 2.05 bits per heavy atom. The van der Waals surface area contributed by atoms with Crippen molar-refractivity contribution >= 4 is 11.0 Å². The van der Waals surface area contributed by atoms with E-state index >= 15 is 0 Å². The predicted octanol–water partition coefficient (Wildman–Crippen LogP) is 4.07. The van der Waals surface area contributed by atoms with E-state index in [0.29, 0.717) is 11.6 Å². The Hall–Kier alpha value is -1.82. The molecule has 3 nitrogen and oxygen atoms in total. The lowest BCUT2D eigenvalue weighted by Crippen LogP contribution is -2.22. The molecule has 2 aliphatic carbocycles. The number of nitriles is 1. The zero-order valence-corrected chi connectivity index (χ0v) is 11.9. The zero-order valence-electron chi connectivity index (χ0n) is 11.9. The first-order valence-corrected chi connectivity index (χ1v) is 7.64. The molecule has 2 fully saturated rings. The fraction of sp³-hybridized carbons (Fsp3) is 0.529. The lowest BCUT2D eigenvalue weighted by Gasteiger charge is -2.24. The van der Waals surface area contributed by atoms with E-state index in [0.717, 1.165) is 5.52 Å². The first kappa shape index (κ1) is 12.0. The molecule has 1 aromatic carbocycles. The van der Waals surface area contributed by atoms with Gasteiger partial charge in [-0.1, -0.05) is 19.8 Å². The number of aromatic nitrogens is 2. The van der Waals surface area contributed by atoms with Crippen molar-refractivity contribution in [2.24, 2.45) is 0 Å². The normalized spacial score (nSPS) is 21.2. The highest BCUT2D eigenvalue weighted by molar-refractivity contribution is 5.78. The van der Waals surface area contributed by atoms with Crippen LogP contribution in [0, 0.1) is 11.3 Å². The molecule has 0 N–H and O–H groups in total. The third-order valence-electron chi connectivity index (χ3n) is 4.98. The van der Waals surface area contributed by atoms with Gasteiger partial charge >= 0.3 is 0 Å². The summed E-state index contributed by atoms with van der Waals surface area (Å²) < 4.78 is 2.47. The minimum atomic E-state index is 0.231. The summed E-state index contributed by atoms with van der Waals surface area (Å²) in [5.41, 5.74) is 3.16. The van der Waals surface area contributed by atoms with Crippen LogP contribution in [0.1, 0.15) is 62.9 Å². The Bertz CT molecular complexity index is 710. The molecule has 1 aromatic heterocycles. The average molecular weight is 265 g/mol. The van der Waals surface area contributed by atoms with Crippen LogP contribution >= 0.6 is 0 Å². The molecule has 0 amide bonds. The number of benzene rings is 1. The second-order valence-electron chi connectivity index (χ2n) is 6.62. The van der Waals surface area contributed by atoms with Gasteiger partial charge in [0, 0.05) is 11.5 Å². The highest BCUT2D eigenvalue weighted by Crippen LogP contribution is 2.46. The SMILES string of the molecule is CC1(c2nc3cc(C#N)ccc3n2C2CC2)CCCC1. The molecule has 3 heteroatoms. The first-order valence-electron chi connectivity index (χ1n) is 7.64. The van der Waals surface area contributed by atoms with Gasteiger partial charge in [0.1, 0.15) is 5.82 Å². The highest BCUT2D eigenvalue weighted by atomic mass is 15.1. The van der Waals surface area contributed by atoms with Crippen LogP contribution in [0.3, 0.4) is 0 Å². The lowest BCUT2D eigenvalue weighted by molar-refractivity contribution is 0.435. The van der Waals surface area contributed by atoms with Crippen LogP contribution in [0.4, 0.5) is 0 Å². The van der Waals surface area contributed by atoms with Crippen LogP contribution in [-0.4, -0.2) is 9.55 Å². The fourth-order valence-electron chi connectivity index (χ4n) is 3.68. The van der Waals surface area contributed by atoms with Gasteiger partial charge in [-0.3, -0.25) is 0 Å². The van der Waals surface area contributed by atoms with Crippen molar-refractivity contribution in [3.8, 4) is 6.07 Å². The van der Waals surface area contributed by atoms with Gasteiger partial charge in [-0.05, 0) is 43.9 Å². The van der Waals surface area contributed by atoms with E-state index in [1.165, 1.54) is 49.9 Å². The van der Waals surface area contributed by atoms with Crippen LogP contribution in [0.2, 0.25) is 0 Å². The van der Waals surface area contributed by atoms with Crippen molar-refractivity contribution in [3.63, 3.8) is 0 Å². The van der Waals surface area contributed by atoms with Gasteiger partial charge in [-0.2, -0.15) is 5.26 Å². The Morgan fingerprint density at radius 1 is 1.30 bits per heavy atom. The molecule has 0 saturated heterocycles. The van der Waals surface area contributed by atoms with Gasteiger partial charge in [-0.15, -0.1) is 0 Å². The zero-order chi connectivity index (χ0) is 13.7. The quantitative estimate of drug-likeness (QED) is 0.821. The molecule has 4 rings (SSSR count). The Morgan fingerprint density at radius 3 is 2.70 bits per heavy atom. The lowest BCUT2D eigenvalue weighted by atomic mass is 9.88. The molecule has 0 aliphatic heterocycles. The summed E-state index contributed by atoms with van der Waals surface area (Å²) in [7, 11) is 0. The maximum atomic E-state index is 9.07. The predicted molar refractivity (Wildman–Crippen MR) is 78.5 cm³/mol. The summed E-state index contributed by atoms with van der Waals surface area (Å²) in [6.45, 7) is 2.37. The number of hydrogen-bond acceptors (Lipinski definition) is 2. The summed E-state index contributed by atoms with van der Waals surface area (Å²) in [6, 6.07) is 8.81. The summed E-state index contributed by atoms with van der Waals surface area (Å²) >= 11 is 0. The second kappa shape index (κ2) is 4.09. The van der Waals surface area contributed by atoms with Gasteiger partial charge in [0.2, 0.25) is 0 Å². The monoisotopic (exact) mass is 265 g/mol. The van der Waals surface area contributed by atoms with Crippen LogP contribution < -0.4 is 0 Å². The Balaban J connectivity index is 1.95. The number of hydrogen-bond donors (Lipinski definition) is 0. The third kappa shape index (κ3) is 1.67. The molecular weight excluding hydrogens is 246 g/mol. The molecule has 2 saturated carbocycles. The fourth-order valence-corrected chi connectivity index (χ4v) is 3.68. The molecular formula is C17H19N3. The second-order valence-corrected chi connectivity index (χ2v) is 6.62. The maximum Gasteiger partial charge on any atom is 0.116 e. The standard InChI is InChI=1S/C17H19N3/c1-17(8-2-3-9-17)16-19-14-10-12(11-18)4-7-15(14)20(16)13-5-6-13/h4,7,10,13H,2-3,5-6,8-9H2,1H3. The highest BCUT2D eigenvalue weighted by Gasteiger charge is 2.39. The molecule has 0 atom stereocenters. The van der Waals surface area contributed by atoms with Crippen LogP contribution in [0.5, 0.6) is 0 Å². The van der Waals surface area contributed by atoms with Crippen molar-refractivity contribution in [2.45, 2.75) is 56.9 Å². The van der Waals surface area contributed by atoms with Gasteiger partial charge in [0.25, 0.3) is 0 Å². The summed E-state index contributed by atoms with van der Waals surface area (Å²) in [4.78, 5) is 4.95. The Kier molecular flexibility index (Phi) is 2.44. The van der Waals surface area contributed by atoms with E-state index in [-0.39, 0.29) is 5.41 Å². The van der Waals surface area contributed by atoms with Crippen molar-refractivity contribution < 1.29 is 0 Å². The van der Waals surface area contributed by atoms with Crippen LogP contribution in [0.15, 0.2) is 18.2 Å². The molecule has 1 heterocycles. The van der Waals surface area contributed by atoms with Crippen molar-refractivity contribution in [3.05, 3.63) is 29.6 Å². The van der Waals surface area contributed by atoms with Gasteiger partial charge < -0.3 is 4.57 Å². The summed E-state index contributed by atoms with van der Waals surface area (Å²) in [5, 5.41) is 9.07. The molecule has 0 spiro atoms. The summed E-state index contributed by atoms with van der Waals surface area (Å²) in [5.74, 6) is 1.27. The van der Waals surface area contributed by atoms with E-state index in [1.807, 2.05) is 12.1 Å². The third-order valence-corrected chi connectivity index (χ3v) is 4.98. The molecule has 0 bridgehead atoms. The van der Waals surface area contributed by atoms with Gasteiger partial charge in [-0.25, -0.2) is 4.98 Å². The summed E-state index contributed by atoms with van der Waals surface area (Å²) in [6.07, 6.45) is 7.66. The van der Waals surface area contributed by atoms with E-state index in [9.17, 15) is 0 Å². The molecule has 0 unspecified atom stereocenters. The average Bonchev–Trinajstić information content (AvgIpc) is 3.08. The van der Waals surface area contributed by atoms with Crippen molar-refractivity contribution in [1.29, 1.82) is 5.26 Å². The van der Waals surface area contributed by atoms with Gasteiger partial charge in [0.05, 0.1) is 22.7 Å². The van der Waals surface area contributed by atoms with E-state index in [1.54, 1.807) is 0 Å².